The van der Waals surface area contributed by atoms with Crippen LogP contribution in [0.4, 0.5) is 0 Å². The number of phenolic OH excluding ortho intramolecular Hbond substituents is 1. The van der Waals surface area contributed by atoms with E-state index in [1.807, 2.05) is 24.3 Å². The van der Waals surface area contributed by atoms with Gasteiger partial charge in [0.1, 0.15) is 5.75 Å². The second-order valence-corrected chi connectivity index (χ2v) is 11.9. The summed E-state index contributed by atoms with van der Waals surface area (Å²) < 4.78 is 0.963. The Hall–Kier alpha value is -3.21. The average Bonchev–Trinajstić information content (AvgIpc) is 2.86. The molecular formula is C29H29BrN2O7. The van der Waals surface area contributed by atoms with Crippen molar-refractivity contribution in [3.05, 3.63) is 63.1 Å². The lowest BCUT2D eigenvalue weighted by Crippen LogP contribution is -2.74. The first-order chi connectivity index (χ1) is 18.4. The fourth-order valence-electron chi connectivity index (χ4n) is 6.83. The van der Waals surface area contributed by atoms with E-state index in [2.05, 4.69) is 15.9 Å². The number of hydrogen-bond donors (Lipinski definition) is 3. The molecule has 2 aromatic carbocycles. The summed E-state index contributed by atoms with van der Waals surface area (Å²) in [7, 11) is 3.12. The van der Waals surface area contributed by atoms with Gasteiger partial charge in [0, 0.05) is 10.4 Å². The van der Waals surface area contributed by atoms with Crippen LogP contribution < -0.4 is 5.73 Å². The molecule has 2 aromatic rings. The summed E-state index contributed by atoms with van der Waals surface area (Å²) in [5.74, 6) is -10.3. The Kier molecular flexibility index (Phi) is 6.85. The fourth-order valence-corrected chi connectivity index (χ4v) is 7.10. The summed E-state index contributed by atoms with van der Waals surface area (Å²) in [6, 6.07) is 9.96. The van der Waals surface area contributed by atoms with Crippen LogP contribution in [0.15, 0.2) is 40.9 Å². The number of amides is 1. The second-order valence-electron chi connectivity index (χ2n) is 11.0. The van der Waals surface area contributed by atoms with Crippen LogP contribution in [0.5, 0.6) is 5.75 Å². The number of aromatic hydroxyl groups is 1. The highest BCUT2D eigenvalue weighted by molar-refractivity contribution is 9.10. The van der Waals surface area contributed by atoms with Crippen molar-refractivity contribution in [2.24, 2.45) is 29.4 Å². The van der Waals surface area contributed by atoms with Gasteiger partial charge < -0.3 is 15.9 Å². The minimum absolute atomic E-state index is 0.0231. The number of rotatable bonds is 5. The molecule has 0 aromatic heterocycles. The highest BCUT2D eigenvalue weighted by Gasteiger charge is 2.69. The largest absolute Gasteiger partial charge is 0.507 e. The standard InChI is InChI=1S/C29H29BrN2O7/c1-32(2)23-18-12-15-11-17-14(6-3-13-4-8-16(30)9-5-13)7-10-19(33)21(17)24(34)20(15)26(36)29(18,39)27(37)22(25(23)35)28(31)38/h4-5,7-10,15,18,20,22-23,33,39H,3,6,11-12H2,1-2H3,(H2,31,38)/t15-,18-,20?,22?,23-,29-/m1/s1. The quantitative estimate of drug-likeness (QED) is 0.438. The number of halogens is 1. The highest BCUT2D eigenvalue weighted by atomic mass is 79.9. The number of aryl methyl sites for hydroxylation is 2. The molecule has 4 N–H and O–H groups in total. The van der Waals surface area contributed by atoms with Crippen molar-refractivity contribution in [3.63, 3.8) is 0 Å². The summed E-state index contributed by atoms with van der Waals surface area (Å²) >= 11 is 3.42. The minimum Gasteiger partial charge on any atom is -0.507 e. The SMILES string of the molecule is CN(C)[C@H]1C(=O)C(C(N)=O)C(=O)[C@]2(O)C(=O)C3C(=O)c4c(O)ccc(CCc5ccc(Br)cc5)c4C[C@@H]3C[C@H]12. The molecular weight excluding hydrogens is 568 g/mol. The Morgan fingerprint density at radius 1 is 1.05 bits per heavy atom. The van der Waals surface area contributed by atoms with Gasteiger partial charge in [-0.2, -0.15) is 0 Å². The maximum atomic E-state index is 13.9. The third-order valence-corrected chi connectivity index (χ3v) is 9.17. The zero-order chi connectivity index (χ0) is 28.4. The monoisotopic (exact) mass is 596 g/mol. The Labute approximate surface area is 233 Å². The Bertz CT molecular complexity index is 1420. The molecule has 9 nitrogen and oxygen atoms in total. The minimum atomic E-state index is -2.72. The van der Waals surface area contributed by atoms with E-state index in [1.165, 1.54) is 11.0 Å². The van der Waals surface area contributed by atoms with Crippen molar-refractivity contribution < 1.29 is 34.2 Å². The van der Waals surface area contributed by atoms with E-state index < -0.39 is 64.4 Å². The van der Waals surface area contributed by atoms with Crippen molar-refractivity contribution in [1.82, 2.24) is 4.90 Å². The van der Waals surface area contributed by atoms with E-state index in [9.17, 15) is 34.2 Å². The van der Waals surface area contributed by atoms with Gasteiger partial charge in [0.15, 0.2) is 34.7 Å². The van der Waals surface area contributed by atoms with Gasteiger partial charge in [-0.15, -0.1) is 0 Å². The molecule has 2 unspecified atom stereocenters. The summed E-state index contributed by atoms with van der Waals surface area (Å²) in [6.07, 6.45) is 1.57. The topological polar surface area (TPSA) is 155 Å². The van der Waals surface area contributed by atoms with Crippen LogP contribution >= 0.6 is 15.9 Å². The molecule has 39 heavy (non-hydrogen) atoms. The first-order valence-corrected chi connectivity index (χ1v) is 13.6. The van der Waals surface area contributed by atoms with E-state index in [4.69, 9.17) is 5.73 Å². The number of carbonyl (C=O) groups excluding carboxylic acids is 5. The van der Waals surface area contributed by atoms with Gasteiger partial charge >= 0.3 is 0 Å². The van der Waals surface area contributed by atoms with Gasteiger partial charge in [0.05, 0.1) is 17.5 Å². The van der Waals surface area contributed by atoms with Crippen LogP contribution in [0.1, 0.15) is 33.5 Å². The first-order valence-electron chi connectivity index (χ1n) is 12.8. The molecule has 5 rings (SSSR count). The molecule has 10 heteroatoms. The number of likely N-dealkylation sites (N-methyl/N-ethyl adjacent to an activating group) is 1. The lowest BCUT2D eigenvalue weighted by Gasteiger charge is -2.52. The number of aliphatic hydroxyl groups is 1. The van der Waals surface area contributed by atoms with Crippen molar-refractivity contribution in [1.29, 1.82) is 0 Å². The van der Waals surface area contributed by atoms with Crippen LogP contribution in [0.25, 0.3) is 0 Å². The summed E-state index contributed by atoms with van der Waals surface area (Å²) in [5.41, 5.74) is 5.25. The molecule has 2 saturated carbocycles. The first kappa shape index (κ1) is 27.4. The Balaban J connectivity index is 1.55. The number of phenols is 1. The fraction of sp³-hybridized carbons (Fsp3) is 0.414. The summed E-state index contributed by atoms with van der Waals surface area (Å²) in [4.78, 5) is 67.7. The molecule has 0 bridgehead atoms. The van der Waals surface area contributed by atoms with Gasteiger partial charge in [-0.3, -0.25) is 28.9 Å². The average molecular weight is 597 g/mol. The molecule has 3 aliphatic carbocycles. The van der Waals surface area contributed by atoms with Gasteiger partial charge in [0.25, 0.3) is 0 Å². The maximum absolute atomic E-state index is 13.9. The number of primary amides is 1. The van der Waals surface area contributed by atoms with Crippen LogP contribution in [0, 0.1) is 23.7 Å². The van der Waals surface area contributed by atoms with Crippen molar-refractivity contribution in [2.45, 2.75) is 37.3 Å². The third-order valence-electron chi connectivity index (χ3n) is 8.64. The predicted molar refractivity (Wildman–Crippen MR) is 143 cm³/mol. The van der Waals surface area contributed by atoms with E-state index >= 15 is 0 Å². The van der Waals surface area contributed by atoms with Crippen LogP contribution in [0.2, 0.25) is 0 Å². The van der Waals surface area contributed by atoms with E-state index in [-0.39, 0.29) is 24.2 Å². The van der Waals surface area contributed by atoms with E-state index in [0.717, 1.165) is 15.6 Å². The number of hydrogen-bond acceptors (Lipinski definition) is 8. The van der Waals surface area contributed by atoms with Crippen molar-refractivity contribution >= 4 is 45.0 Å². The number of ketones is 4. The summed E-state index contributed by atoms with van der Waals surface area (Å²) in [6.45, 7) is 0. The number of benzene rings is 2. The maximum Gasteiger partial charge on any atom is 0.235 e. The second kappa shape index (κ2) is 9.76. The predicted octanol–water partition coefficient (Wildman–Crippen LogP) is 1.41. The third kappa shape index (κ3) is 4.16. The zero-order valence-corrected chi connectivity index (χ0v) is 23.1. The molecule has 0 spiro atoms. The molecule has 0 saturated heterocycles. The van der Waals surface area contributed by atoms with E-state index in [0.29, 0.717) is 18.4 Å². The molecule has 204 valence electrons. The van der Waals surface area contributed by atoms with Gasteiger partial charge in [0.2, 0.25) is 5.91 Å². The molecule has 0 heterocycles. The Morgan fingerprint density at radius 2 is 1.72 bits per heavy atom. The molecule has 6 atom stereocenters. The molecule has 1 amide bonds. The number of nitrogens with two attached hydrogens (primary N) is 1. The molecule has 2 fully saturated rings. The van der Waals surface area contributed by atoms with Crippen LogP contribution in [0.3, 0.4) is 0 Å². The van der Waals surface area contributed by atoms with Gasteiger partial charge in [-0.25, -0.2) is 0 Å². The molecule has 0 aliphatic heterocycles. The lowest BCUT2D eigenvalue weighted by atomic mass is 9.52. The number of carbonyl (C=O) groups is 5. The number of nitrogens with zero attached hydrogens (tertiary/aromatic N) is 1. The van der Waals surface area contributed by atoms with Crippen molar-refractivity contribution in [2.75, 3.05) is 14.1 Å². The van der Waals surface area contributed by atoms with Crippen LogP contribution in [-0.2, 0) is 38.4 Å². The highest BCUT2D eigenvalue weighted by Crippen LogP contribution is 2.51. The smallest absolute Gasteiger partial charge is 0.235 e. The summed E-state index contributed by atoms with van der Waals surface area (Å²) in [5, 5.41) is 22.3. The van der Waals surface area contributed by atoms with Gasteiger partial charge in [-0.05, 0) is 80.6 Å². The number of fused-ring (bicyclic) bond motifs is 3. The molecule has 0 radical (unpaired) electrons. The van der Waals surface area contributed by atoms with Crippen molar-refractivity contribution in [3.8, 4) is 5.75 Å². The van der Waals surface area contributed by atoms with Gasteiger partial charge in [-0.1, -0.05) is 34.1 Å². The molecule has 3 aliphatic rings. The number of Topliss-reactive ketones (excluding diaryl/α,β-unsaturated/α-hetero) is 4. The Morgan fingerprint density at radius 3 is 2.33 bits per heavy atom. The zero-order valence-electron chi connectivity index (χ0n) is 21.5. The lowest BCUT2D eigenvalue weighted by molar-refractivity contribution is -0.181. The van der Waals surface area contributed by atoms with Crippen LogP contribution in [-0.4, -0.2) is 69.9 Å². The normalized spacial score (nSPS) is 30.1. The van der Waals surface area contributed by atoms with E-state index in [1.54, 1.807) is 20.2 Å².